The number of carbonyl (C=O) groups is 5. The summed E-state index contributed by atoms with van der Waals surface area (Å²) in [6.45, 7) is -0.892. The highest BCUT2D eigenvalue weighted by atomic mass is 16.4. The van der Waals surface area contributed by atoms with Crippen molar-refractivity contribution in [2.45, 2.75) is 37.4 Å². The lowest BCUT2D eigenvalue weighted by Crippen LogP contribution is -2.56. The second kappa shape index (κ2) is 10.1. The van der Waals surface area contributed by atoms with Crippen LogP contribution in [0.2, 0.25) is 0 Å². The molecule has 0 saturated heterocycles. The normalized spacial score (nSPS) is 14.1. The number of aliphatic carboxylic acids is 1. The van der Waals surface area contributed by atoms with Gasteiger partial charge in [-0.15, -0.1) is 0 Å². The van der Waals surface area contributed by atoms with E-state index in [9.17, 15) is 24.0 Å². The Balaban J connectivity index is 4.90. The minimum Gasteiger partial charge on any atom is -0.480 e. The molecule has 10 N–H and O–H groups in total. The van der Waals surface area contributed by atoms with Crippen LogP contribution in [0.25, 0.3) is 0 Å². The fourth-order valence-electron chi connectivity index (χ4n) is 1.58. The van der Waals surface area contributed by atoms with E-state index in [1.165, 1.54) is 0 Å². The van der Waals surface area contributed by atoms with Gasteiger partial charge in [0.25, 0.3) is 0 Å². The van der Waals surface area contributed by atoms with Crippen molar-refractivity contribution in [3.8, 4) is 0 Å². The maximum atomic E-state index is 12.0. The van der Waals surface area contributed by atoms with Crippen molar-refractivity contribution in [2.75, 3.05) is 6.61 Å². The summed E-state index contributed by atoms with van der Waals surface area (Å²) in [6, 6.07) is -4.27. The number of aliphatic hydroxyl groups excluding tert-OH is 1. The van der Waals surface area contributed by atoms with Gasteiger partial charge < -0.3 is 38.0 Å². The Morgan fingerprint density at radius 3 is 1.88 bits per heavy atom. The van der Waals surface area contributed by atoms with Gasteiger partial charge in [0.1, 0.15) is 12.1 Å². The molecule has 0 rings (SSSR count). The molecule has 136 valence electrons. The maximum absolute atomic E-state index is 12.0. The largest absolute Gasteiger partial charge is 0.480 e. The molecule has 0 aliphatic rings. The average molecular weight is 347 g/mol. The highest BCUT2D eigenvalue weighted by Crippen LogP contribution is 1.99. The number of carboxylic acid groups (broad SMARTS) is 1. The third kappa shape index (κ3) is 8.05. The zero-order valence-corrected chi connectivity index (χ0v) is 12.7. The number of amides is 4. The van der Waals surface area contributed by atoms with Crippen LogP contribution in [0.1, 0.15) is 19.3 Å². The number of carbonyl (C=O) groups excluding carboxylic acids is 4. The van der Waals surface area contributed by atoms with Crippen LogP contribution in [0.15, 0.2) is 0 Å². The summed E-state index contributed by atoms with van der Waals surface area (Å²) in [5.41, 5.74) is 15.4. The number of carboxylic acids is 1. The van der Waals surface area contributed by atoms with Crippen molar-refractivity contribution < 1.29 is 34.2 Å². The van der Waals surface area contributed by atoms with Crippen LogP contribution in [0.4, 0.5) is 0 Å². The predicted octanol–water partition coefficient (Wildman–Crippen LogP) is -4.50. The summed E-state index contributed by atoms with van der Waals surface area (Å²) in [4.78, 5) is 56.2. The van der Waals surface area contributed by atoms with Gasteiger partial charge in [0.15, 0.2) is 0 Å². The molecule has 0 aliphatic carbocycles. The molecule has 0 aromatic rings. The first kappa shape index (κ1) is 21.3. The van der Waals surface area contributed by atoms with Gasteiger partial charge in [0.2, 0.25) is 23.6 Å². The number of hydrogen-bond donors (Lipinski definition) is 7. The average Bonchev–Trinajstić information content (AvgIpc) is 2.48. The lowest BCUT2D eigenvalue weighted by Gasteiger charge is -2.21. The van der Waals surface area contributed by atoms with Gasteiger partial charge in [-0.1, -0.05) is 0 Å². The third-order valence-electron chi connectivity index (χ3n) is 2.87. The van der Waals surface area contributed by atoms with Crippen LogP contribution >= 0.6 is 0 Å². The lowest BCUT2D eigenvalue weighted by atomic mass is 10.1. The summed E-state index contributed by atoms with van der Waals surface area (Å²) in [5, 5.41) is 21.7. The Morgan fingerprint density at radius 1 is 0.917 bits per heavy atom. The molecule has 0 bridgehead atoms. The molecule has 0 aromatic heterocycles. The first-order chi connectivity index (χ1) is 11.1. The predicted molar refractivity (Wildman–Crippen MR) is 78.8 cm³/mol. The number of aliphatic hydroxyl groups is 1. The minimum atomic E-state index is -1.62. The molecule has 4 amide bonds. The Bertz CT molecular complexity index is 510. The van der Waals surface area contributed by atoms with E-state index in [0.29, 0.717) is 0 Å². The molecular formula is C12H21N5O7. The van der Waals surface area contributed by atoms with Gasteiger partial charge in [-0.3, -0.25) is 19.2 Å². The fourth-order valence-corrected chi connectivity index (χ4v) is 1.58. The first-order valence-corrected chi connectivity index (χ1v) is 6.85. The summed E-state index contributed by atoms with van der Waals surface area (Å²) in [5.74, 6) is -5.00. The van der Waals surface area contributed by atoms with Crippen molar-refractivity contribution in [1.29, 1.82) is 0 Å². The smallest absolute Gasteiger partial charge is 0.328 e. The van der Waals surface area contributed by atoms with Crippen LogP contribution in [0.5, 0.6) is 0 Å². The van der Waals surface area contributed by atoms with E-state index in [4.69, 9.17) is 27.4 Å². The quantitative estimate of drug-likeness (QED) is 0.192. The molecule has 24 heavy (non-hydrogen) atoms. The van der Waals surface area contributed by atoms with Gasteiger partial charge >= 0.3 is 5.97 Å². The summed E-state index contributed by atoms with van der Waals surface area (Å²) >= 11 is 0. The molecule has 3 unspecified atom stereocenters. The van der Waals surface area contributed by atoms with Crippen molar-refractivity contribution >= 4 is 29.6 Å². The minimum absolute atomic E-state index is 0.0829. The Labute approximate surface area is 136 Å². The molecule has 0 aromatic carbocycles. The zero-order valence-electron chi connectivity index (χ0n) is 12.7. The fraction of sp³-hybridized carbons (Fsp3) is 0.583. The summed E-state index contributed by atoms with van der Waals surface area (Å²) in [7, 11) is 0. The molecule has 0 fully saturated rings. The second-order valence-electron chi connectivity index (χ2n) is 4.93. The number of primary amides is 2. The zero-order chi connectivity index (χ0) is 18.9. The van der Waals surface area contributed by atoms with Crippen LogP contribution < -0.4 is 27.8 Å². The lowest BCUT2D eigenvalue weighted by molar-refractivity contribution is -0.143. The van der Waals surface area contributed by atoms with Gasteiger partial charge in [0.05, 0.1) is 19.1 Å². The molecule has 0 saturated carbocycles. The Hall–Kier alpha value is -2.73. The van der Waals surface area contributed by atoms with Crippen molar-refractivity contribution in [1.82, 2.24) is 10.6 Å². The molecule has 12 heteroatoms. The summed E-state index contributed by atoms with van der Waals surface area (Å²) in [6.07, 6.45) is -0.856. The van der Waals surface area contributed by atoms with Gasteiger partial charge in [-0.25, -0.2) is 4.79 Å². The van der Waals surface area contributed by atoms with E-state index >= 15 is 0 Å². The Morgan fingerprint density at radius 2 is 1.46 bits per heavy atom. The molecule has 0 radical (unpaired) electrons. The van der Waals surface area contributed by atoms with Crippen LogP contribution in [-0.2, 0) is 24.0 Å². The molecule has 0 aliphatic heterocycles. The van der Waals surface area contributed by atoms with E-state index in [2.05, 4.69) is 5.32 Å². The second-order valence-corrected chi connectivity index (χ2v) is 4.93. The highest BCUT2D eigenvalue weighted by Gasteiger charge is 2.28. The van der Waals surface area contributed by atoms with Gasteiger partial charge in [-0.2, -0.15) is 0 Å². The van der Waals surface area contributed by atoms with Crippen molar-refractivity contribution in [3.63, 3.8) is 0 Å². The Kier molecular flexibility index (Phi) is 8.97. The van der Waals surface area contributed by atoms with E-state index in [0.717, 1.165) is 0 Å². The van der Waals surface area contributed by atoms with Crippen molar-refractivity contribution in [3.05, 3.63) is 0 Å². The van der Waals surface area contributed by atoms with Gasteiger partial charge in [0, 0.05) is 6.42 Å². The standard InChI is InChI=1S/C12H21N5O7/c13-5(1-2-8(14)19)10(21)16-6(3-9(15)20)11(22)17-7(4-18)12(23)24/h5-7,18H,1-4,13H2,(H2,14,19)(H2,15,20)(H,16,21)(H,17,22)(H,23,24). The molecule has 0 heterocycles. The maximum Gasteiger partial charge on any atom is 0.328 e. The number of nitrogens with two attached hydrogens (primary N) is 3. The summed E-state index contributed by atoms with van der Waals surface area (Å²) < 4.78 is 0. The molecule has 3 atom stereocenters. The highest BCUT2D eigenvalue weighted by molar-refractivity contribution is 5.94. The van der Waals surface area contributed by atoms with E-state index < -0.39 is 60.8 Å². The number of hydrogen-bond acceptors (Lipinski definition) is 7. The monoisotopic (exact) mass is 347 g/mol. The topological polar surface area (TPSA) is 228 Å². The van der Waals surface area contributed by atoms with E-state index in [1.54, 1.807) is 0 Å². The number of rotatable bonds is 11. The van der Waals surface area contributed by atoms with Crippen molar-refractivity contribution in [2.24, 2.45) is 17.2 Å². The van der Waals surface area contributed by atoms with Crippen LogP contribution in [0, 0.1) is 0 Å². The molecule has 0 spiro atoms. The first-order valence-electron chi connectivity index (χ1n) is 6.85. The van der Waals surface area contributed by atoms with E-state index in [1.807, 2.05) is 5.32 Å². The molecular weight excluding hydrogens is 326 g/mol. The van der Waals surface area contributed by atoms with E-state index in [-0.39, 0.29) is 12.8 Å². The third-order valence-corrected chi connectivity index (χ3v) is 2.87. The SMILES string of the molecule is NC(=O)CCC(N)C(=O)NC(CC(N)=O)C(=O)NC(CO)C(=O)O. The van der Waals surface area contributed by atoms with Crippen LogP contribution in [0.3, 0.4) is 0 Å². The van der Waals surface area contributed by atoms with Gasteiger partial charge in [-0.05, 0) is 6.42 Å². The number of nitrogens with one attached hydrogen (secondary N) is 2. The molecule has 12 nitrogen and oxygen atoms in total. The van der Waals surface area contributed by atoms with Crippen LogP contribution in [-0.4, -0.2) is 64.5 Å².